The van der Waals surface area contributed by atoms with Crippen LogP contribution in [0.15, 0.2) is 18.2 Å². The van der Waals surface area contributed by atoms with Gasteiger partial charge in [0.15, 0.2) is 0 Å². The van der Waals surface area contributed by atoms with Gasteiger partial charge < -0.3 is 15.7 Å². The second-order valence-corrected chi connectivity index (χ2v) is 5.34. The van der Waals surface area contributed by atoms with Crippen LogP contribution in [0.4, 0.5) is 5.69 Å². The van der Waals surface area contributed by atoms with Crippen molar-refractivity contribution in [2.24, 2.45) is 5.73 Å². The number of benzene rings is 1. The molecule has 6 nitrogen and oxygen atoms in total. The Morgan fingerprint density at radius 3 is 2.43 bits per heavy atom. The minimum Gasteiger partial charge on any atom is -0.481 e. The van der Waals surface area contributed by atoms with Gasteiger partial charge in [-0.05, 0) is 30.7 Å². The van der Waals surface area contributed by atoms with E-state index in [-0.39, 0.29) is 6.42 Å². The Kier molecular flexibility index (Phi) is 4.80. The van der Waals surface area contributed by atoms with E-state index in [9.17, 15) is 9.59 Å². The van der Waals surface area contributed by atoms with Crippen molar-refractivity contribution in [3.05, 3.63) is 29.3 Å². The van der Waals surface area contributed by atoms with Gasteiger partial charge in [-0.1, -0.05) is 0 Å². The average Bonchev–Trinajstić information content (AvgIpc) is 2.45. The van der Waals surface area contributed by atoms with Gasteiger partial charge in [0, 0.05) is 44.0 Å². The van der Waals surface area contributed by atoms with E-state index < -0.39 is 11.9 Å². The van der Waals surface area contributed by atoms with Crippen molar-refractivity contribution < 1.29 is 14.7 Å². The predicted octanol–water partition coefficient (Wildman–Crippen LogP) is 0.691. The number of anilines is 1. The summed E-state index contributed by atoms with van der Waals surface area (Å²) in [4.78, 5) is 26.2. The molecule has 6 heteroatoms. The molecule has 1 aromatic rings. The van der Waals surface area contributed by atoms with Crippen LogP contribution >= 0.6 is 0 Å². The summed E-state index contributed by atoms with van der Waals surface area (Å²) < 4.78 is 0. The van der Waals surface area contributed by atoms with Gasteiger partial charge in [-0.15, -0.1) is 0 Å². The molecule has 0 bridgehead atoms. The van der Waals surface area contributed by atoms with Crippen molar-refractivity contribution in [1.82, 2.24) is 4.90 Å². The van der Waals surface area contributed by atoms with E-state index >= 15 is 0 Å². The maximum absolute atomic E-state index is 11.2. The number of nitrogens with two attached hydrogens (primary N) is 1. The molecule has 0 aliphatic carbocycles. The number of aryl methyl sites for hydroxylation is 1. The molecule has 0 unspecified atom stereocenters. The number of primary amides is 1. The summed E-state index contributed by atoms with van der Waals surface area (Å²) in [5, 5.41) is 8.70. The zero-order valence-electron chi connectivity index (χ0n) is 12.2. The van der Waals surface area contributed by atoms with Crippen molar-refractivity contribution in [1.29, 1.82) is 0 Å². The van der Waals surface area contributed by atoms with Crippen LogP contribution in [0, 0.1) is 6.92 Å². The Labute approximate surface area is 124 Å². The number of carboxylic acid groups (broad SMARTS) is 1. The minimum absolute atomic E-state index is 0.187. The third-order valence-corrected chi connectivity index (χ3v) is 3.85. The van der Waals surface area contributed by atoms with E-state index in [0.717, 1.165) is 37.4 Å². The van der Waals surface area contributed by atoms with Crippen molar-refractivity contribution >= 4 is 17.6 Å². The quantitative estimate of drug-likeness (QED) is 0.833. The van der Waals surface area contributed by atoms with Crippen LogP contribution in [0.5, 0.6) is 0 Å². The lowest BCUT2D eigenvalue weighted by Gasteiger charge is -2.36. The number of carboxylic acids is 1. The smallest absolute Gasteiger partial charge is 0.304 e. The maximum atomic E-state index is 11.2. The number of carbonyl (C=O) groups excluding carboxylic acids is 1. The van der Waals surface area contributed by atoms with Gasteiger partial charge in [0.1, 0.15) is 0 Å². The zero-order chi connectivity index (χ0) is 15.4. The third kappa shape index (κ3) is 3.95. The number of rotatable bonds is 5. The topological polar surface area (TPSA) is 86.9 Å². The highest BCUT2D eigenvalue weighted by atomic mass is 16.4. The lowest BCUT2D eigenvalue weighted by Crippen LogP contribution is -2.47. The summed E-state index contributed by atoms with van der Waals surface area (Å²) in [7, 11) is 0. The standard InChI is InChI=1S/C15H21N3O3/c1-11-10-12(2-3-13(11)15(16)21)18-8-6-17(7-9-18)5-4-14(19)20/h2-3,10H,4-9H2,1H3,(H2,16,21)(H,19,20). The molecule has 0 radical (unpaired) electrons. The fourth-order valence-corrected chi connectivity index (χ4v) is 2.60. The Hall–Kier alpha value is -2.08. The molecule has 1 aromatic carbocycles. The number of hydrogen-bond donors (Lipinski definition) is 2. The van der Waals surface area contributed by atoms with Crippen molar-refractivity contribution in [3.8, 4) is 0 Å². The van der Waals surface area contributed by atoms with Gasteiger partial charge in [0.2, 0.25) is 5.91 Å². The Bertz CT molecular complexity index is 537. The lowest BCUT2D eigenvalue weighted by atomic mass is 10.1. The van der Waals surface area contributed by atoms with Crippen LogP contribution in [0.1, 0.15) is 22.3 Å². The molecule has 3 N–H and O–H groups in total. The van der Waals surface area contributed by atoms with Crippen molar-refractivity contribution in [2.45, 2.75) is 13.3 Å². The molecular formula is C15H21N3O3. The molecule has 114 valence electrons. The summed E-state index contributed by atoms with van der Waals surface area (Å²) in [5.41, 5.74) is 7.83. The van der Waals surface area contributed by atoms with Gasteiger partial charge >= 0.3 is 5.97 Å². The molecule has 0 spiro atoms. The summed E-state index contributed by atoms with van der Waals surface area (Å²) in [5.74, 6) is -1.16. The van der Waals surface area contributed by atoms with Crippen molar-refractivity contribution in [3.63, 3.8) is 0 Å². The molecule has 1 fully saturated rings. The molecule has 1 amide bonds. The number of piperazine rings is 1. The van der Waals surface area contributed by atoms with Crippen LogP contribution in [0.3, 0.4) is 0 Å². The highest BCUT2D eigenvalue weighted by molar-refractivity contribution is 5.94. The van der Waals surface area contributed by atoms with Gasteiger partial charge in [0.25, 0.3) is 0 Å². The van der Waals surface area contributed by atoms with Crippen LogP contribution in [0.2, 0.25) is 0 Å². The van der Waals surface area contributed by atoms with Crippen LogP contribution < -0.4 is 10.6 Å². The average molecular weight is 291 g/mol. The van der Waals surface area contributed by atoms with Gasteiger partial charge in [-0.25, -0.2) is 0 Å². The third-order valence-electron chi connectivity index (χ3n) is 3.85. The normalized spacial score (nSPS) is 16.0. The number of carbonyl (C=O) groups is 2. The van der Waals surface area contributed by atoms with E-state index in [2.05, 4.69) is 9.80 Å². The lowest BCUT2D eigenvalue weighted by molar-refractivity contribution is -0.137. The van der Waals surface area contributed by atoms with Gasteiger partial charge in [0.05, 0.1) is 6.42 Å². The first-order valence-electron chi connectivity index (χ1n) is 7.07. The molecule has 1 aliphatic rings. The van der Waals surface area contributed by atoms with Gasteiger partial charge in [-0.2, -0.15) is 0 Å². The molecule has 1 saturated heterocycles. The highest BCUT2D eigenvalue weighted by Gasteiger charge is 2.18. The second-order valence-electron chi connectivity index (χ2n) is 5.34. The molecular weight excluding hydrogens is 270 g/mol. The fraction of sp³-hybridized carbons (Fsp3) is 0.467. The van der Waals surface area contributed by atoms with E-state index in [1.807, 2.05) is 19.1 Å². The molecule has 0 saturated carbocycles. The number of aliphatic carboxylic acids is 1. The summed E-state index contributed by atoms with van der Waals surface area (Å²) in [6, 6.07) is 5.66. The predicted molar refractivity (Wildman–Crippen MR) is 80.6 cm³/mol. The van der Waals surface area contributed by atoms with E-state index in [1.54, 1.807) is 6.07 Å². The minimum atomic E-state index is -0.755. The molecule has 21 heavy (non-hydrogen) atoms. The first-order valence-corrected chi connectivity index (χ1v) is 7.07. The first-order chi connectivity index (χ1) is 9.97. The van der Waals surface area contributed by atoms with Gasteiger partial charge in [-0.3, -0.25) is 14.5 Å². The Morgan fingerprint density at radius 2 is 1.90 bits per heavy atom. The largest absolute Gasteiger partial charge is 0.481 e. The summed E-state index contributed by atoms with van der Waals surface area (Å²) in [6.45, 7) is 5.90. The van der Waals surface area contributed by atoms with E-state index in [1.165, 1.54) is 0 Å². The summed E-state index contributed by atoms with van der Waals surface area (Å²) >= 11 is 0. The zero-order valence-corrected chi connectivity index (χ0v) is 12.2. The van der Waals surface area contributed by atoms with Crippen LogP contribution in [-0.2, 0) is 4.79 Å². The molecule has 1 aliphatic heterocycles. The monoisotopic (exact) mass is 291 g/mol. The fourth-order valence-electron chi connectivity index (χ4n) is 2.60. The Morgan fingerprint density at radius 1 is 1.24 bits per heavy atom. The molecule has 0 aromatic heterocycles. The molecule has 2 rings (SSSR count). The number of hydrogen-bond acceptors (Lipinski definition) is 4. The molecule has 0 atom stereocenters. The molecule has 1 heterocycles. The highest BCUT2D eigenvalue weighted by Crippen LogP contribution is 2.20. The SMILES string of the molecule is Cc1cc(N2CCN(CCC(=O)O)CC2)ccc1C(N)=O. The van der Waals surface area contributed by atoms with Crippen LogP contribution in [-0.4, -0.2) is 54.6 Å². The van der Waals surface area contributed by atoms with E-state index in [4.69, 9.17) is 10.8 Å². The number of nitrogens with zero attached hydrogens (tertiary/aromatic N) is 2. The van der Waals surface area contributed by atoms with E-state index in [0.29, 0.717) is 12.1 Å². The van der Waals surface area contributed by atoms with Crippen molar-refractivity contribution in [2.75, 3.05) is 37.6 Å². The summed E-state index contributed by atoms with van der Waals surface area (Å²) in [6.07, 6.45) is 0.187. The Balaban J connectivity index is 1.94. The second kappa shape index (κ2) is 6.58. The van der Waals surface area contributed by atoms with Crippen LogP contribution in [0.25, 0.3) is 0 Å². The first kappa shape index (κ1) is 15.3. The maximum Gasteiger partial charge on any atom is 0.304 e. The number of amides is 1.